The van der Waals surface area contributed by atoms with Crippen LogP contribution in [0.5, 0.6) is 0 Å². The van der Waals surface area contributed by atoms with Gasteiger partial charge >= 0.3 is 11.9 Å². The molecule has 0 saturated heterocycles. The quantitative estimate of drug-likeness (QED) is 0.771. The number of aliphatic hydroxyl groups is 1. The number of benzene rings is 1. The smallest absolute Gasteiger partial charge is 0.311 e. The lowest BCUT2D eigenvalue weighted by molar-refractivity contribution is -0.159. The lowest BCUT2D eigenvalue weighted by atomic mass is 9.87. The van der Waals surface area contributed by atoms with Gasteiger partial charge in [0, 0.05) is 0 Å². The van der Waals surface area contributed by atoms with E-state index >= 15 is 0 Å². The normalized spacial score (nSPS) is 13.4. The summed E-state index contributed by atoms with van der Waals surface area (Å²) < 4.78 is 9.31. The minimum Gasteiger partial charge on any atom is -0.469 e. The van der Waals surface area contributed by atoms with Crippen LogP contribution in [0, 0.1) is 11.8 Å². The Morgan fingerprint density at radius 1 is 1.05 bits per heavy atom. The van der Waals surface area contributed by atoms with Crippen LogP contribution in [0.4, 0.5) is 0 Å². The number of ether oxygens (including phenoxy) is 2. The van der Waals surface area contributed by atoms with Crippen LogP contribution in [-0.4, -0.2) is 37.9 Å². The molecule has 19 heavy (non-hydrogen) atoms. The molecule has 0 spiro atoms. The zero-order valence-corrected chi connectivity index (χ0v) is 11.0. The van der Waals surface area contributed by atoms with Gasteiger partial charge in [0.25, 0.3) is 0 Å². The molecule has 2 atom stereocenters. The number of carbonyl (C=O) groups is 2. The molecule has 1 aromatic rings. The molecule has 1 N–H and O–H groups in total. The van der Waals surface area contributed by atoms with E-state index in [1.54, 1.807) is 0 Å². The third kappa shape index (κ3) is 4.06. The standard InChI is InChI=1S/C14H18O5/c1-18-13(16)11(12(9-15)14(17)19-2)8-10-6-4-3-5-7-10/h3-7,11-12,15H,8-9H2,1-2H3. The number of aliphatic hydroxyl groups excluding tert-OH is 1. The fourth-order valence-corrected chi connectivity index (χ4v) is 1.93. The van der Waals surface area contributed by atoms with Crippen molar-refractivity contribution in [1.82, 2.24) is 0 Å². The predicted molar refractivity (Wildman–Crippen MR) is 68.2 cm³/mol. The lowest BCUT2D eigenvalue weighted by Gasteiger charge is -2.21. The first kappa shape index (κ1) is 15.2. The number of hydrogen-bond acceptors (Lipinski definition) is 5. The van der Waals surface area contributed by atoms with Crippen molar-refractivity contribution in [2.24, 2.45) is 11.8 Å². The predicted octanol–water partition coefficient (Wildman–Crippen LogP) is 0.800. The summed E-state index contributed by atoms with van der Waals surface area (Å²) in [5.41, 5.74) is 0.889. The number of rotatable bonds is 6. The Hall–Kier alpha value is -1.88. The minimum absolute atomic E-state index is 0.313. The van der Waals surface area contributed by atoms with E-state index in [9.17, 15) is 14.7 Å². The molecule has 1 aromatic carbocycles. The Morgan fingerprint density at radius 2 is 1.58 bits per heavy atom. The second-order valence-electron chi connectivity index (χ2n) is 4.13. The van der Waals surface area contributed by atoms with Crippen molar-refractivity contribution in [3.05, 3.63) is 35.9 Å². The van der Waals surface area contributed by atoms with E-state index < -0.39 is 30.4 Å². The van der Waals surface area contributed by atoms with Gasteiger partial charge in [-0.3, -0.25) is 9.59 Å². The average molecular weight is 266 g/mol. The molecule has 0 aliphatic carbocycles. The van der Waals surface area contributed by atoms with Gasteiger partial charge in [-0.25, -0.2) is 0 Å². The number of carbonyl (C=O) groups excluding carboxylic acids is 2. The molecule has 0 bridgehead atoms. The van der Waals surface area contributed by atoms with Gasteiger partial charge in [0.05, 0.1) is 32.7 Å². The monoisotopic (exact) mass is 266 g/mol. The highest BCUT2D eigenvalue weighted by atomic mass is 16.5. The maximum absolute atomic E-state index is 11.8. The first-order valence-electron chi connectivity index (χ1n) is 5.94. The largest absolute Gasteiger partial charge is 0.469 e. The zero-order valence-electron chi connectivity index (χ0n) is 11.0. The first-order chi connectivity index (χ1) is 9.13. The van der Waals surface area contributed by atoms with Gasteiger partial charge in [-0.15, -0.1) is 0 Å². The molecule has 5 heteroatoms. The number of hydrogen-bond donors (Lipinski definition) is 1. The molecule has 0 heterocycles. The molecule has 0 aliphatic rings. The maximum Gasteiger partial charge on any atom is 0.311 e. The summed E-state index contributed by atoms with van der Waals surface area (Å²) in [4.78, 5) is 23.4. The van der Waals surface area contributed by atoms with Gasteiger partial charge in [0.15, 0.2) is 0 Å². The molecule has 0 fully saturated rings. The molecule has 0 aromatic heterocycles. The molecule has 1 rings (SSSR count). The van der Waals surface area contributed by atoms with Crippen molar-refractivity contribution in [2.45, 2.75) is 6.42 Å². The lowest BCUT2D eigenvalue weighted by Crippen LogP contribution is -2.35. The SMILES string of the molecule is COC(=O)C(CO)C(Cc1ccccc1)C(=O)OC. The fraction of sp³-hybridized carbons (Fsp3) is 0.429. The molecular formula is C14H18O5. The molecule has 104 valence electrons. The van der Waals surface area contributed by atoms with Crippen molar-refractivity contribution in [3.8, 4) is 0 Å². The third-order valence-electron chi connectivity index (χ3n) is 2.99. The van der Waals surface area contributed by atoms with E-state index in [0.717, 1.165) is 5.56 Å². The van der Waals surface area contributed by atoms with Crippen LogP contribution in [-0.2, 0) is 25.5 Å². The molecule has 0 radical (unpaired) electrons. The summed E-state index contributed by atoms with van der Waals surface area (Å²) in [7, 11) is 2.48. The highest BCUT2D eigenvalue weighted by molar-refractivity contribution is 5.82. The zero-order chi connectivity index (χ0) is 14.3. The summed E-state index contributed by atoms with van der Waals surface area (Å²) in [6.07, 6.45) is 0.313. The Morgan fingerprint density at radius 3 is 2.05 bits per heavy atom. The summed E-state index contributed by atoms with van der Waals surface area (Å²) in [6, 6.07) is 9.25. The van der Waals surface area contributed by atoms with Crippen molar-refractivity contribution >= 4 is 11.9 Å². The van der Waals surface area contributed by atoms with Gasteiger partial charge in [-0.05, 0) is 12.0 Å². The molecule has 5 nitrogen and oxygen atoms in total. The van der Waals surface area contributed by atoms with E-state index in [0.29, 0.717) is 6.42 Å². The Balaban J connectivity index is 2.94. The van der Waals surface area contributed by atoms with Gasteiger partial charge in [0.2, 0.25) is 0 Å². The average Bonchev–Trinajstić information content (AvgIpc) is 2.46. The number of esters is 2. The summed E-state index contributed by atoms with van der Waals surface area (Å²) in [5, 5.41) is 9.31. The van der Waals surface area contributed by atoms with E-state index in [1.165, 1.54) is 14.2 Å². The van der Waals surface area contributed by atoms with Crippen molar-refractivity contribution in [2.75, 3.05) is 20.8 Å². The molecule has 0 saturated carbocycles. The first-order valence-corrected chi connectivity index (χ1v) is 5.94. The van der Waals surface area contributed by atoms with Crippen molar-refractivity contribution in [1.29, 1.82) is 0 Å². The van der Waals surface area contributed by atoms with Crippen LogP contribution in [0.2, 0.25) is 0 Å². The molecule has 0 aliphatic heterocycles. The van der Waals surface area contributed by atoms with Gasteiger partial charge in [-0.2, -0.15) is 0 Å². The Kier molecular flexibility index (Phi) is 6.02. The van der Waals surface area contributed by atoms with Gasteiger partial charge < -0.3 is 14.6 Å². The fourth-order valence-electron chi connectivity index (χ4n) is 1.93. The third-order valence-corrected chi connectivity index (χ3v) is 2.99. The van der Waals surface area contributed by atoms with Crippen LogP contribution < -0.4 is 0 Å². The Bertz CT molecular complexity index is 415. The Labute approximate surface area is 112 Å². The van der Waals surface area contributed by atoms with Gasteiger partial charge in [0.1, 0.15) is 0 Å². The van der Waals surface area contributed by atoms with Crippen molar-refractivity contribution < 1.29 is 24.2 Å². The summed E-state index contributed by atoms with van der Waals surface area (Å²) >= 11 is 0. The molecule has 2 unspecified atom stereocenters. The van der Waals surface area contributed by atoms with Crippen LogP contribution >= 0.6 is 0 Å². The van der Waals surface area contributed by atoms with E-state index in [4.69, 9.17) is 4.74 Å². The highest BCUT2D eigenvalue weighted by Gasteiger charge is 2.35. The van der Waals surface area contributed by atoms with E-state index in [1.807, 2.05) is 30.3 Å². The van der Waals surface area contributed by atoms with Crippen LogP contribution in [0.3, 0.4) is 0 Å². The van der Waals surface area contributed by atoms with Gasteiger partial charge in [-0.1, -0.05) is 30.3 Å². The van der Waals surface area contributed by atoms with Crippen molar-refractivity contribution in [3.63, 3.8) is 0 Å². The molecule has 0 amide bonds. The minimum atomic E-state index is -0.919. The second kappa shape index (κ2) is 7.53. The van der Waals surface area contributed by atoms with Crippen LogP contribution in [0.25, 0.3) is 0 Å². The molecular weight excluding hydrogens is 248 g/mol. The van der Waals surface area contributed by atoms with E-state index in [2.05, 4.69) is 4.74 Å². The number of methoxy groups -OCH3 is 2. The topological polar surface area (TPSA) is 72.8 Å². The van der Waals surface area contributed by atoms with E-state index in [-0.39, 0.29) is 0 Å². The highest BCUT2D eigenvalue weighted by Crippen LogP contribution is 2.20. The van der Waals surface area contributed by atoms with Crippen LogP contribution in [0.1, 0.15) is 5.56 Å². The summed E-state index contributed by atoms with van der Waals surface area (Å²) in [5.74, 6) is -2.83. The maximum atomic E-state index is 11.8. The van der Waals surface area contributed by atoms with Crippen LogP contribution in [0.15, 0.2) is 30.3 Å². The second-order valence-corrected chi connectivity index (χ2v) is 4.13. The summed E-state index contributed by atoms with van der Waals surface area (Å²) in [6.45, 7) is -0.459.